The average molecular weight is 232 g/mol. The summed E-state index contributed by atoms with van der Waals surface area (Å²) in [6, 6.07) is 5.95. The number of carbonyl (C=O) groups excluding carboxylic acids is 1. The number of nitrogens with zero attached hydrogens (tertiary/aromatic N) is 2. The fourth-order valence-corrected chi connectivity index (χ4v) is 2.75. The van der Waals surface area contributed by atoms with Crippen LogP contribution in [-0.4, -0.2) is 29.8 Å². The summed E-state index contributed by atoms with van der Waals surface area (Å²) in [6.45, 7) is 1.67. The van der Waals surface area contributed by atoms with Gasteiger partial charge in [0.25, 0.3) is 0 Å². The molecule has 0 spiro atoms. The number of pyridine rings is 1. The second-order valence-electron chi connectivity index (χ2n) is 5.18. The lowest BCUT2D eigenvalue weighted by Gasteiger charge is -2.28. The molecule has 0 aromatic carbocycles. The molecule has 1 fully saturated rings. The third-order valence-electron chi connectivity index (χ3n) is 3.59. The zero-order valence-corrected chi connectivity index (χ0v) is 10.4. The first kappa shape index (κ1) is 12.2. The van der Waals surface area contributed by atoms with E-state index in [1.807, 2.05) is 24.4 Å². The summed E-state index contributed by atoms with van der Waals surface area (Å²) in [5, 5.41) is 0. The molecule has 92 valence electrons. The molecule has 0 amide bonds. The molecule has 17 heavy (non-hydrogen) atoms. The van der Waals surface area contributed by atoms with Gasteiger partial charge in [-0.05, 0) is 32.0 Å². The van der Waals surface area contributed by atoms with Crippen molar-refractivity contribution in [3.8, 4) is 0 Å². The van der Waals surface area contributed by atoms with Gasteiger partial charge in [0.05, 0.1) is 5.69 Å². The highest BCUT2D eigenvalue weighted by molar-refractivity contribution is 5.60. The van der Waals surface area contributed by atoms with Gasteiger partial charge in [-0.2, -0.15) is 0 Å². The molecule has 1 heterocycles. The van der Waals surface area contributed by atoms with Gasteiger partial charge in [0.15, 0.2) is 0 Å². The molecule has 1 aliphatic carbocycles. The number of hydrogen-bond donors (Lipinski definition) is 0. The lowest BCUT2D eigenvalue weighted by molar-refractivity contribution is -0.116. The SMILES string of the molecule is CN(Cc1ccccn1)CC1(C=O)CCCC1. The van der Waals surface area contributed by atoms with Gasteiger partial charge in [-0.1, -0.05) is 18.9 Å². The van der Waals surface area contributed by atoms with E-state index in [1.54, 1.807) is 0 Å². The van der Waals surface area contributed by atoms with E-state index >= 15 is 0 Å². The van der Waals surface area contributed by atoms with Crippen LogP contribution in [0.3, 0.4) is 0 Å². The Morgan fingerprint density at radius 3 is 2.76 bits per heavy atom. The Morgan fingerprint density at radius 1 is 1.41 bits per heavy atom. The Bertz CT molecular complexity index is 358. The van der Waals surface area contributed by atoms with Crippen molar-refractivity contribution in [3.05, 3.63) is 30.1 Å². The highest BCUT2D eigenvalue weighted by Gasteiger charge is 2.34. The Morgan fingerprint density at radius 2 is 2.18 bits per heavy atom. The molecule has 0 atom stereocenters. The second-order valence-corrected chi connectivity index (χ2v) is 5.18. The van der Waals surface area contributed by atoms with Gasteiger partial charge in [0.2, 0.25) is 0 Å². The minimum atomic E-state index is -0.0937. The Labute approximate surface area is 103 Å². The quantitative estimate of drug-likeness (QED) is 0.730. The lowest BCUT2D eigenvalue weighted by Crippen LogP contribution is -2.34. The van der Waals surface area contributed by atoms with Crippen LogP contribution < -0.4 is 0 Å². The summed E-state index contributed by atoms with van der Waals surface area (Å²) < 4.78 is 0. The smallest absolute Gasteiger partial charge is 0.127 e. The van der Waals surface area contributed by atoms with Gasteiger partial charge in [-0.25, -0.2) is 0 Å². The predicted octanol–water partition coefficient (Wildman–Crippen LogP) is 2.27. The van der Waals surface area contributed by atoms with Crippen LogP contribution in [0.4, 0.5) is 0 Å². The molecule has 0 bridgehead atoms. The molecule has 1 aromatic heterocycles. The minimum absolute atomic E-state index is 0.0937. The summed E-state index contributed by atoms with van der Waals surface area (Å²) in [5.41, 5.74) is 0.970. The van der Waals surface area contributed by atoms with Gasteiger partial charge >= 0.3 is 0 Å². The van der Waals surface area contributed by atoms with Crippen LogP contribution in [0.1, 0.15) is 31.4 Å². The van der Waals surface area contributed by atoms with Crippen molar-refractivity contribution >= 4 is 6.29 Å². The first-order chi connectivity index (χ1) is 8.24. The van der Waals surface area contributed by atoms with Crippen LogP contribution in [0.15, 0.2) is 24.4 Å². The third kappa shape index (κ3) is 3.13. The first-order valence-corrected chi connectivity index (χ1v) is 6.29. The van der Waals surface area contributed by atoms with E-state index in [1.165, 1.54) is 19.1 Å². The maximum Gasteiger partial charge on any atom is 0.127 e. The minimum Gasteiger partial charge on any atom is -0.303 e. The zero-order chi connectivity index (χ0) is 12.1. The largest absolute Gasteiger partial charge is 0.303 e. The number of aldehydes is 1. The predicted molar refractivity (Wildman–Crippen MR) is 67.5 cm³/mol. The molecular formula is C14H20N2O. The van der Waals surface area contributed by atoms with E-state index < -0.39 is 0 Å². The number of rotatable bonds is 5. The van der Waals surface area contributed by atoms with Crippen molar-refractivity contribution in [2.45, 2.75) is 32.2 Å². The summed E-state index contributed by atoms with van der Waals surface area (Å²) in [7, 11) is 2.07. The van der Waals surface area contributed by atoms with E-state index in [0.717, 1.165) is 31.6 Å². The van der Waals surface area contributed by atoms with Crippen LogP contribution in [0.25, 0.3) is 0 Å². The van der Waals surface area contributed by atoms with E-state index in [4.69, 9.17) is 0 Å². The van der Waals surface area contributed by atoms with Gasteiger partial charge in [0, 0.05) is 24.7 Å². The second kappa shape index (κ2) is 5.41. The topological polar surface area (TPSA) is 33.2 Å². The van der Waals surface area contributed by atoms with Crippen molar-refractivity contribution in [1.29, 1.82) is 0 Å². The highest BCUT2D eigenvalue weighted by atomic mass is 16.1. The molecule has 1 saturated carbocycles. The average Bonchev–Trinajstić information content (AvgIpc) is 2.79. The van der Waals surface area contributed by atoms with Crippen molar-refractivity contribution in [2.75, 3.05) is 13.6 Å². The highest BCUT2D eigenvalue weighted by Crippen LogP contribution is 2.36. The van der Waals surface area contributed by atoms with Gasteiger partial charge < -0.3 is 4.79 Å². The lowest BCUT2D eigenvalue weighted by atomic mass is 9.87. The van der Waals surface area contributed by atoms with Gasteiger partial charge in [-0.15, -0.1) is 0 Å². The molecule has 1 aromatic rings. The molecule has 0 saturated heterocycles. The molecule has 3 heteroatoms. The number of carbonyl (C=O) groups is 1. The van der Waals surface area contributed by atoms with E-state index in [0.29, 0.717) is 0 Å². The Hall–Kier alpha value is -1.22. The summed E-state index contributed by atoms with van der Waals surface area (Å²) in [6.07, 6.45) is 7.46. The van der Waals surface area contributed by atoms with Crippen molar-refractivity contribution in [3.63, 3.8) is 0 Å². The van der Waals surface area contributed by atoms with E-state index in [9.17, 15) is 4.79 Å². The Kier molecular flexibility index (Phi) is 3.89. The fraction of sp³-hybridized carbons (Fsp3) is 0.571. The molecule has 0 unspecified atom stereocenters. The molecular weight excluding hydrogens is 212 g/mol. The number of aromatic nitrogens is 1. The van der Waals surface area contributed by atoms with Gasteiger partial charge in [0.1, 0.15) is 6.29 Å². The standard InChI is InChI=1S/C14H20N2O/c1-16(10-13-6-2-5-9-15-13)11-14(12-17)7-3-4-8-14/h2,5-6,9,12H,3-4,7-8,10-11H2,1H3. The van der Waals surface area contributed by atoms with Crippen LogP contribution >= 0.6 is 0 Å². The fourth-order valence-electron chi connectivity index (χ4n) is 2.75. The maximum absolute atomic E-state index is 11.3. The maximum atomic E-state index is 11.3. The first-order valence-electron chi connectivity index (χ1n) is 6.29. The number of hydrogen-bond acceptors (Lipinski definition) is 3. The molecule has 2 rings (SSSR count). The molecule has 0 N–H and O–H groups in total. The molecule has 0 aliphatic heterocycles. The van der Waals surface area contributed by atoms with Crippen molar-refractivity contribution < 1.29 is 4.79 Å². The zero-order valence-electron chi connectivity index (χ0n) is 10.4. The van der Waals surface area contributed by atoms with Gasteiger partial charge in [-0.3, -0.25) is 9.88 Å². The molecule has 1 aliphatic rings. The summed E-state index contributed by atoms with van der Waals surface area (Å²) in [4.78, 5) is 17.8. The van der Waals surface area contributed by atoms with Crippen LogP contribution in [0, 0.1) is 5.41 Å². The van der Waals surface area contributed by atoms with E-state index in [-0.39, 0.29) is 5.41 Å². The van der Waals surface area contributed by atoms with Crippen molar-refractivity contribution in [2.24, 2.45) is 5.41 Å². The summed E-state index contributed by atoms with van der Waals surface area (Å²) in [5.74, 6) is 0. The molecule has 0 radical (unpaired) electrons. The monoisotopic (exact) mass is 232 g/mol. The van der Waals surface area contributed by atoms with Crippen molar-refractivity contribution in [1.82, 2.24) is 9.88 Å². The Balaban J connectivity index is 1.92. The molecule has 3 nitrogen and oxygen atoms in total. The van der Waals surface area contributed by atoms with Crippen LogP contribution in [0.5, 0.6) is 0 Å². The van der Waals surface area contributed by atoms with Crippen LogP contribution in [0.2, 0.25) is 0 Å². The third-order valence-corrected chi connectivity index (χ3v) is 3.59. The normalized spacial score (nSPS) is 18.5. The van der Waals surface area contributed by atoms with E-state index in [2.05, 4.69) is 16.9 Å². The summed E-state index contributed by atoms with van der Waals surface area (Å²) >= 11 is 0. The van der Waals surface area contributed by atoms with Crippen LogP contribution in [-0.2, 0) is 11.3 Å².